The Kier molecular flexibility index (Phi) is 4.42. The molecule has 0 saturated heterocycles. The van der Waals surface area contributed by atoms with E-state index < -0.39 is 0 Å². The van der Waals surface area contributed by atoms with E-state index in [-0.39, 0.29) is 16.3 Å². The summed E-state index contributed by atoms with van der Waals surface area (Å²) in [6, 6.07) is 0. The summed E-state index contributed by atoms with van der Waals surface area (Å²) < 4.78 is -0.105. The van der Waals surface area contributed by atoms with Crippen LogP contribution in [0.1, 0.15) is 52.4 Å². The molecule has 0 aromatic rings. The van der Waals surface area contributed by atoms with Crippen molar-refractivity contribution >= 4 is 21.8 Å². The van der Waals surface area contributed by atoms with E-state index >= 15 is 0 Å². The van der Waals surface area contributed by atoms with Gasteiger partial charge in [0.15, 0.2) is 0 Å². The second kappa shape index (κ2) is 5.15. The third kappa shape index (κ3) is 3.26. The number of carbonyl (C=O) groups excluding carboxylic acids is 1. The minimum atomic E-state index is -0.105. The summed E-state index contributed by atoms with van der Waals surface area (Å²) in [7, 11) is 0. The summed E-state index contributed by atoms with van der Waals surface area (Å²) in [4.78, 5) is 11.7. The fourth-order valence-electron chi connectivity index (χ4n) is 1.77. The SMILES string of the molecule is CCC(C)C(=O)NC1(Br)CCCCC1. The van der Waals surface area contributed by atoms with Crippen LogP contribution in [0.2, 0.25) is 0 Å². The minimum Gasteiger partial charge on any atom is -0.341 e. The van der Waals surface area contributed by atoms with Gasteiger partial charge in [0.25, 0.3) is 0 Å². The molecule has 0 bridgehead atoms. The lowest BCUT2D eigenvalue weighted by molar-refractivity contribution is -0.125. The van der Waals surface area contributed by atoms with E-state index in [2.05, 4.69) is 21.2 Å². The molecule has 1 fully saturated rings. The predicted octanol–water partition coefficient (Wildman–Crippen LogP) is 3.20. The van der Waals surface area contributed by atoms with E-state index in [0.29, 0.717) is 0 Å². The zero-order chi connectivity index (χ0) is 10.6. The predicted molar refractivity (Wildman–Crippen MR) is 62.3 cm³/mol. The van der Waals surface area contributed by atoms with Gasteiger partial charge in [0.05, 0.1) is 4.45 Å². The van der Waals surface area contributed by atoms with Crippen LogP contribution in [0.25, 0.3) is 0 Å². The smallest absolute Gasteiger partial charge is 0.223 e. The number of hydrogen-bond acceptors (Lipinski definition) is 1. The van der Waals surface area contributed by atoms with Crippen LogP contribution in [0, 0.1) is 5.92 Å². The van der Waals surface area contributed by atoms with Gasteiger partial charge in [-0.05, 0) is 19.3 Å². The number of halogens is 1. The number of alkyl halides is 1. The van der Waals surface area contributed by atoms with Crippen molar-refractivity contribution in [1.82, 2.24) is 5.32 Å². The van der Waals surface area contributed by atoms with Gasteiger partial charge in [0.1, 0.15) is 0 Å². The van der Waals surface area contributed by atoms with E-state index in [9.17, 15) is 4.79 Å². The summed E-state index contributed by atoms with van der Waals surface area (Å²) in [5.74, 6) is 0.317. The molecule has 1 N–H and O–H groups in total. The number of nitrogens with one attached hydrogen (secondary N) is 1. The second-order valence-electron chi connectivity index (χ2n) is 4.32. The number of rotatable bonds is 3. The van der Waals surface area contributed by atoms with Gasteiger partial charge in [0.2, 0.25) is 5.91 Å². The molecule has 0 aromatic heterocycles. The van der Waals surface area contributed by atoms with Crippen molar-refractivity contribution in [2.24, 2.45) is 5.92 Å². The maximum absolute atomic E-state index is 11.7. The summed E-state index contributed by atoms with van der Waals surface area (Å²) in [5.41, 5.74) is 0. The van der Waals surface area contributed by atoms with E-state index in [1.807, 2.05) is 13.8 Å². The highest BCUT2D eigenvalue weighted by atomic mass is 79.9. The van der Waals surface area contributed by atoms with Crippen LogP contribution in [0.15, 0.2) is 0 Å². The third-order valence-electron chi connectivity index (χ3n) is 3.05. The van der Waals surface area contributed by atoms with E-state index in [1.54, 1.807) is 0 Å². The Labute approximate surface area is 95.0 Å². The van der Waals surface area contributed by atoms with Crippen molar-refractivity contribution < 1.29 is 4.79 Å². The molecule has 1 rings (SSSR count). The quantitative estimate of drug-likeness (QED) is 0.614. The van der Waals surface area contributed by atoms with Gasteiger partial charge in [-0.15, -0.1) is 0 Å². The maximum Gasteiger partial charge on any atom is 0.223 e. The van der Waals surface area contributed by atoms with Crippen LogP contribution in [-0.4, -0.2) is 10.4 Å². The topological polar surface area (TPSA) is 29.1 Å². The van der Waals surface area contributed by atoms with Gasteiger partial charge in [-0.25, -0.2) is 0 Å². The summed E-state index contributed by atoms with van der Waals surface area (Å²) >= 11 is 3.66. The molecule has 3 heteroatoms. The first-order valence-electron chi connectivity index (χ1n) is 5.58. The number of hydrogen-bond donors (Lipinski definition) is 1. The highest BCUT2D eigenvalue weighted by Crippen LogP contribution is 2.33. The van der Waals surface area contributed by atoms with Gasteiger partial charge in [0, 0.05) is 5.92 Å². The molecule has 0 heterocycles. The molecule has 82 valence electrons. The largest absolute Gasteiger partial charge is 0.341 e. The Morgan fingerprint density at radius 1 is 1.43 bits per heavy atom. The Bertz CT molecular complexity index is 199. The average molecular weight is 262 g/mol. The van der Waals surface area contributed by atoms with E-state index in [4.69, 9.17) is 0 Å². The van der Waals surface area contributed by atoms with Crippen molar-refractivity contribution in [3.8, 4) is 0 Å². The van der Waals surface area contributed by atoms with E-state index in [0.717, 1.165) is 19.3 Å². The number of amides is 1. The summed E-state index contributed by atoms with van der Waals surface area (Å²) in [5, 5.41) is 3.12. The van der Waals surface area contributed by atoms with Crippen LogP contribution in [-0.2, 0) is 4.79 Å². The second-order valence-corrected chi connectivity index (χ2v) is 5.84. The van der Waals surface area contributed by atoms with Crippen LogP contribution >= 0.6 is 15.9 Å². The van der Waals surface area contributed by atoms with Crippen molar-refractivity contribution in [2.75, 3.05) is 0 Å². The van der Waals surface area contributed by atoms with Gasteiger partial charge >= 0.3 is 0 Å². The van der Waals surface area contributed by atoms with E-state index in [1.165, 1.54) is 19.3 Å². The Hall–Kier alpha value is -0.0500. The molecule has 1 aliphatic carbocycles. The fraction of sp³-hybridized carbons (Fsp3) is 0.909. The van der Waals surface area contributed by atoms with Crippen molar-refractivity contribution in [3.63, 3.8) is 0 Å². The molecule has 0 aliphatic heterocycles. The zero-order valence-electron chi connectivity index (χ0n) is 9.11. The monoisotopic (exact) mass is 261 g/mol. The Balaban J connectivity index is 2.44. The molecule has 0 spiro atoms. The van der Waals surface area contributed by atoms with Gasteiger partial charge in [-0.1, -0.05) is 49.0 Å². The number of carbonyl (C=O) groups is 1. The molecule has 14 heavy (non-hydrogen) atoms. The molecule has 1 aliphatic rings. The molecular weight excluding hydrogens is 242 g/mol. The Morgan fingerprint density at radius 2 is 2.00 bits per heavy atom. The first kappa shape index (κ1) is 12.0. The highest BCUT2D eigenvalue weighted by molar-refractivity contribution is 9.10. The van der Waals surface area contributed by atoms with Crippen LogP contribution < -0.4 is 5.32 Å². The zero-order valence-corrected chi connectivity index (χ0v) is 10.7. The molecule has 1 saturated carbocycles. The third-order valence-corrected chi connectivity index (χ3v) is 4.04. The molecule has 2 nitrogen and oxygen atoms in total. The highest BCUT2D eigenvalue weighted by Gasteiger charge is 2.31. The minimum absolute atomic E-state index is 0.105. The Morgan fingerprint density at radius 3 is 2.50 bits per heavy atom. The standard InChI is InChI=1S/C11H20BrNO/c1-3-9(2)10(14)13-11(12)7-5-4-6-8-11/h9H,3-8H2,1-2H3,(H,13,14). The van der Waals surface area contributed by atoms with Crippen LogP contribution in [0.3, 0.4) is 0 Å². The molecular formula is C11H20BrNO. The molecule has 1 amide bonds. The van der Waals surface area contributed by atoms with Crippen molar-refractivity contribution in [1.29, 1.82) is 0 Å². The van der Waals surface area contributed by atoms with Crippen molar-refractivity contribution in [2.45, 2.75) is 56.8 Å². The maximum atomic E-state index is 11.7. The first-order chi connectivity index (χ1) is 6.57. The van der Waals surface area contributed by atoms with Crippen molar-refractivity contribution in [3.05, 3.63) is 0 Å². The van der Waals surface area contributed by atoms with Gasteiger partial charge in [-0.3, -0.25) is 4.79 Å². The molecule has 1 atom stereocenters. The fourth-order valence-corrected chi connectivity index (χ4v) is 2.52. The average Bonchev–Trinajstić information content (AvgIpc) is 2.17. The summed E-state index contributed by atoms with van der Waals surface area (Å²) in [6.07, 6.45) is 6.77. The normalized spacial score (nSPS) is 22.8. The summed E-state index contributed by atoms with van der Waals surface area (Å²) in [6.45, 7) is 4.03. The molecule has 1 unspecified atom stereocenters. The lowest BCUT2D eigenvalue weighted by atomic mass is 9.94. The molecule has 0 aromatic carbocycles. The van der Waals surface area contributed by atoms with Gasteiger partial charge < -0.3 is 5.32 Å². The molecule has 0 radical (unpaired) electrons. The van der Waals surface area contributed by atoms with Crippen LogP contribution in [0.5, 0.6) is 0 Å². The van der Waals surface area contributed by atoms with Crippen LogP contribution in [0.4, 0.5) is 0 Å². The lowest BCUT2D eigenvalue weighted by Gasteiger charge is -2.33. The first-order valence-corrected chi connectivity index (χ1v) is 6.37. The van der Waals surface area contributed by atoms with Gasteiger partial charge in [-0.2, -0.15) is 0 Å². The lowest BCUT2D eigenvalue weighted by Crippen LogP contribution is -2.46.